The van der Waals surface area contributed by atoms with E-state index in [4.69, 9.17) is 0 Å². The summed E-state index contributed by atoms with van der Waals surface area (Å²) in [6.07, 6.45) is 7.43. The highest BCUT2D eigenvalue weighted by molar-refractivity contribution is 9.10. The number of nitrogens with one attached hydrogen (secondary N) is 1. The minimum absolute atomic E-state index is 0.593. The SMILES string of the molecule is CCCNCC(Cc1cccc(Br)c1)Cc1cnn(C)c1. The molecule has 0 fully saturated rings. The summed E-state index contributed by atoms with van der Waals surface area (Å²) in [4.78, 5) is 0. The second-order valence-corrected chi connectivity index (χ2v) is 6.55. The molecule has 21 heavy (non-hydrogen) atoms. The minimum Gasteiger partial charge on any atom is -0.316 e. The highest BCUT2D eigenvalue weighted by Gasteiger charge is 2.12. The first-order valence-electron chi connectivity index (χ1n) is 7.60. The van der Waals surface area contributed by atoms with Crippen LogP contribution in [0.1, 0.15) is 24.5 Å². The first kappa shape index (κ1) is 16.2. The van der Waals surface area contributed by atoms with E-state index in [2.05, 4.69) is 63.7 Å². The Morgan fingerprint density at radius 3 is 2.76 bits per heavy atom. The predicted octanol–water partition coefficient (Wildman–Crippen LogP) is 3.58. The van der Waals surface area contributed by atoms with Crippen LogP contribution in [0.5, 0.6) is 0 Å². The monoisotopic (exact) mass is 349 g/mol. The van der Waals surface area contributed by atoms with Crippen LogP contribution in [0.25, 0.3) is 0 Å². The summed E-state index contributed by atoms with van der Waals surface area (Å²) in [7, 11) is 1.97. The second kappa shape index (κ2) is 8.35. The summed E-state index contributed by atoms with van der Waals surface area (Å²) in [6, 6.07) is 8.62. The number of hydrogen-bond donors (Lipinski definition) is 1. The van der Waals surface area contributed by atoms with Gasteiger partial charge in [-0.25, -0.2) is 0 Å². The molecule has 1 N–H and O–H groups in total. The van der Waals surface area contributed by atoms with Gasteiger partial charge in [0.1, 0.15) is 0 Å². The number of nitrogens with zero attached hydrogens (tertiary/aromatic N) is 2. The first-order chi connectivity index (χ1) is 10.2. The zero-order chi connectivity index (χ0) is 15.1. The third kappa shape index (κ3) is 5.64. The van der Waals surface area contributed by atoms with Gasteiger partial charge in [0.05, 0.1) is 6.20 Å². The van der Waals surface area contributed by atoms with Crippen molar-refractivity contribution in [1.82, 2.24) is 15.1 Å². The number of aryl methyl sites for hydroxylation is 1. The molecule has 3 nitrogen and oxygen atoms in total. The van der Waals surface area contributed by atoms with Crippen LogP contribution in [-0.2, 0) is 19.9 Å². The normalized spacial score (nSPS) is 12.5. The molecule has 0 aliphatic carbocycles. The van der Waals surface area contributed by atoms with Crippen molar-refractivity contribution in [3.8, 4) is 0 Å². The summed E-state index contributed by atoms with van der Waals surface area (Å²) in [6.45, 7) is 4.34. The van der Waals surface area contributed by atoms with Gasteiger partial charge in [0, 0.05) is 17.7 Å². The van der Waals surface area contributed by atoms with E-state index in [0.29, 0.717) is 5.92 Å². The lowest BCUT2D eigenvalue weighted by Gasteiger charge is -2.17. The molecule has 1 aromatic heterocycles. The van der Waals surface area contributed by atoms with E-state index in [1.165, 1.54) is 17.5 Å². The average molecular weight is 350 g/mol. The maximum atomic E-state index is 4.28. The summed E-state index contributed by atoms with van der Waals surface area (Å²) < 4.78 is 3.03. The van der Waals surface area contributed by atoms with E-state index in [1.807, 2.05) is 17.9 Å². The lowest BCUT2D eigenvalue weighted by molar-refractivity contribution is 0.470. The smallest absolute Gasteiger partial charge is 0.0521 e. The third-order valence-electron chi connectivity index (χ3n) is 3.56. The van der Waals surface area contributed by atoms with E-state index >= 15 is 0 Å². The van der Waals surface area contributed by atoms with Gasteiger partial charge in [-0.15, -0.1) is 0 Å². The summed E-state index contributed by atoms with van der Waals surface area (Å²) >= 11 is 3.56. The molecule has 0 bridgehead atoms. The predicted molar refractivity (Wildman–Crippen MR) is 91.4 cm³/mol. The molecule has 0 amide bonds. The van der Waals surface area contributed by atoms with Crippen LogP contribution in [-0.4, -0.2) is 22.9 Å². The van der Waals surface area contributed by atoms with Gasteiger partial charge in [-0.2, -0.15) is 5.10 Å². The maximum absolute atomic E-state index is 4.28. The van der Waals surface area contributed by atoms with Gasteiger partial charge < -0.3 is 5.32 Å². The van der Waals surface area contributed by atoms with Crippen molar-refractivity contribution < 1.29 is 0 Å². The summed E-state index contributed by atoms with van der Waals surface area (Å²) in [5.41, 5.74) is 2.70. The van der Waals surface area contributed by atoms with Crippen molar-refractivity contribution in [2.75, 3.05) is 13.1 Å². The Morgan fingerprint density at radius 2 is 2.10 bits per heavy atom. The summed E-state index contributed by atoms with van der Waals surface area (Å²) in [5, 5.41) is 7.83. The van der Waals surface area contributed by atoms with Crippen molar-refractivity contribution in [2.45, 2.75) is 26.2 Å². The standard InChI is InChI=1S/C17H24BrN3/c1-3-7-19-11-15(9-16-12-20-21(2)13-16)8-14-5-4-6-17(18)10-14/h4-6,10,12-13,15,19H,3,7-9,11H2,1-2H3. The first-order valence-corrected chi connectivity index (χ1v) is 8.39. The molecule has 1 unspecified atom stereocenters. The summed E-state index contributed by atoms with van der Waals surface area (Å²) in [5.74, 6) is 0.593. The molecular weight excluding hydrogens is 326 g/mol. The molecule has 1 aromatic carbocycles. The highest BCUT2D eigenvalue weighted by atomic mass is 79.9. The number of hydrogen-bond acceptors (Lipinski definition) is 2. The molecule has 2 rings (SSSR count). The Bertz CT molecular complexity index is 550. The molecule has 2 aromatic rings. The fourth-order valence-electron chi connectivity index (χ4n) is 2.61. The van der Waals surface area contributed by atoms with E-state index < -0.39 is 0 Å². The fraction of sp³-hybridized carbons (Fsp3) is 0.471. The quantitative estimate of drug-likeness (QED) is 0.738. The van der Waals surface area contributed by atoms with E-state index in [9.17, 15) is 0 Å². The Balaban J connectivity index is 2.00. The maximum Gasteiger partial charge on any atom is 0.0521 e. The van der Waals surface area contributed by atoms with Gasteiger partial charge >= 0.3 is 0 Å². The number of halogens is 1. The molecule has 0 radical (unpaired) electrons. The largest absolute Gasteiger partial charge is 0.316 e. The molecule has 1 heterocycles. The Morgan fingerprint density at radius 1 is 1.29 bits per heavy atom. The Hall–Kier alpha value is -1.13. The van der Waals surface area contributed by atoms with Crippen molar-refractivity contribution in [1.29, 1.82) is 0 Å². The van der Waals surface area contributed by atoms with Gasteiger partial charge in [-0.05, 0) is 61.5 Å². The van der Waals surface area contributed by atoms with E-state index in [0.717, 1.165) is 30.4 Å². The lowest BCUT2D eigenvalue weighted by Crippen LogP contribution is -2.26. The lowest BCUT2D eigenvalue weighted by atomic mass is 9.93. The average Bonchev–Trinajstić information content (AvgIpc) is 2.84. The van der Waals surface area contributed by atoms with Crippen LogP contribution in [0.15, 0.2) is 41.1 Å². The zero-order valence-corrected chi connectivity index (χ0v) is 14.4. The minimum atomic E-state index is 0.593. The zero-order valence-electron chi connectivity index (χ0n) is 12.8. The van der Waals surface area contributed by atoms with Crippen LogP contribution < -0.4 is 5.32 Å². The van der Waals surface area contributed by atoms with Gasteiger partial charge in [-0.1, -0.05) is 35.0 Å². The van der Waals surface area contributed by atoms with Crippen LogP contribution in [0, 0.1) is 5.92 Å². The number of rotatable bonds is 8. The van der Waals surface area contributed by atoms with Crippen molar-refractivity contribution in [3.05, 3.63) is 52.3 Å². The molecule has 0 aliphatic heterocycles. The van der Waals surface area contributed by atoms with Crippen LogP contribution in [0.3, 0.4) is 0 Å². The number of aromatic nitrogens is 2. The molecular formula is C17H24BrN3. The molecule has 0 aliphatic rings. The van der Waals surface area contributed by atoms with Gasteiger partial charge in [0.15, 0.2) is 0 Å². The Kier molecular flexibility index (Phi) is 6.46. The fourth-order valence-corrected chi connectivity index (χ4v) is 3.05. The van der Waals surface area contributed by atoms with Gasteiger partial charge in [0.2, 0.25) is 0 Å². The van der Waals surface area contributed by atoms with Gasteiger partial charge in [-0.3, -0.25) is 4.68 Å². The van der Waals surface area contributed by atoms with Crippen molar-refractivity contribution in [3.63, 3.8) is 0 Å². The van der Waals surface area contributed by atoms with E-state index in [1.54, 1.807) is 0 Å². The number of benzene rings is 1. The van der Waals surface area contributed by atoms with Crippen molar-refractivity contribution in [2.24, 2.45) is 13.0 Å². The van der Waals surface area contributed by atoms with E-state index in [-0.39, 0.29) is 0 Å². The second-order valence-electron chi connectivity index (χ2n) is 5.63. The topological polar surface area (TPSA) is 29.9 Å². The van der Waals surface area contributed by atoms with Crippen LogP contribution >= 0.6 is 15.9 Å². The molecule has 0 saturated carbocycles. The van der Waals surface area contributed by atoms with Crippen LogP contribution in [0.2, 0.25) is 0 Å². The Labute approximate surface area is 135 Å². The van der Waals surface area contributed by atoms with Crippen molar-refractivity contribution >= 4 is 15.9 Å². The molecule has 4 heteroatoms. The van der Waals surface area contributed by atoms with Crippen LogP contribution in [0.4, 0.5) is 0 Å². The molecule has 114 valence electrons. The third-order valence-corrected chi connectivity index (χ3v) is 4.05. The molecule has 0 spiro atoms. The van der Waals surface area contributed by atoms with Gasteiger partial charge in [0.25, 0.3) is 0 Å². The molecule has 0 saturated heterocycles. The highest BCUT2D eigenvalue weighted by Crippen LogP contribution is 2.17. The molecule has 1 atom stereocenters.